The lowest BCUT2D eigenvalue weighted by Crippen LogP contribution is -2.46. The molecule has 0 bridgehead atoms. The summed E-state index contributed by atoms with van der Waals surface area (Å²) in [5.74, 6) is 0.679. The van der Waals surface area contributed by atoms with Crippen LogP contribution in [0, 0.1) is 5.92 Å². The number of nitrogens with zero attached hydrogens (tertiary/aromatic N) is 1. The first-order valence-corrected chi connectivity index (χ1v) is 9.58. The van der Waals surface area contributed by atoms with Crippen molar-refractivity contribution in [3.05, 3.63) is 35.9 Å². The fourth-order valence-corrected chi connectivity index (χ4v) is 3.87. The molecule has 2 N–H and O–H groups in total. The van der Waals surface area contributed by atoms with Crippen molar-refractivity contribution < 1.29 is 9.59 Å². The minimum absolute atomic E-state index is 0.0507. The lowest BCUT2D eigenvalue weighted by atomic mass is 9.96. The second kappa shape index (κ2) is 8.99. The van der Waals surface area contributed by atoms with Gasteiger partial charge in [-0.25, -0.2) is 0 Å². The number of carbonyl (C=O) groups is 2. The van der Waals surface area contributed by atoms with Gasteiger partial charge in [0.25, 0.3) is 0 Å². The molecular weight excluding hydrogens is 314 g/mol. The highest BCUT2D eigenvalue weighted by molar-refractivity contribution is 5.89. The van der Waals surface area contributed by atoms with Crippen molar-refractivity contribution >= 4 is 11.8 Å². The number of hydrogen-bond donors (Lipinski definition) is 2. The number of nitrogens with one attached hydrogen (secondary N) is 2. The van der Waals surface area contributed by atoms with Gasteiger partial charge in [-0.3, -0.25) is 9.59 Å². The van der Waals surface area contributed by atoms with Gasteiger partial charge in [0.2, 0.25) is 11.8 Å². The summed E-state index contributed by atoms with van der Waals surface area (Å²) in [6, 6.07) is 9.18. The zero-order valence-corrected chi connectivity index (χ0v) is 14.9. The average Bonchev–Trinajstić information content (AvgIpc) is 2.65. The zero-order valence-electron chi connectivity index (χ0n) is 14.9. The number of hydrogen-bond acceptors (Lipinski definition) is 3. The molecule has 0 radical (unpaired) electrons. The van der Waals surface area contributed by atoms with Gasteiger partial charge in [-0.1, -0.05) is 30.3 Å². The highest BCUT2D eigenvalue weighted by atomic mass is 16.2. The van der Waals surface area contributed by atoms with Crippen molar-refractivity contribution in [2.75, 3.05) is 26.2 Å². The molecule has 2 saturated heterocycles. The van der Waals surface area contributed by atoms with Gasteiger partial charge in [0, 0.05) is 19.5 Å². The third-order valence-electron chi connectivity index (χ3n) is 5.29. The Labute approximate surface area is 150 Å². The van der Waals surface area contributed by atoms with E-state index in [-0.39, 0.29) is 11.8 Å². The number of carbonyl (C=O) groups excluding carboxylic acids is 2. The van der Waals surface area contributed by atoms with Crippen LogP contribution in [-0.2, 0) is 9.59 Å². The Hall–Kier alpha value is -1.88. The summed E-state index contributed by atoms with van der Waals surface area (Å²) in [5.41, 5.74) is 0.898. The second-order valence-corrected chi connectivity index (χ2v) is 7.15. The minimum Gasteiger partial charge on any atom is -0.354 e. The lowest BCUT2D eigenvalue weighted by Gasteiger charge is -2.34. The van der Waals surface area contributed by atoms with Gasteiger partial charge >= 0.3 is 0 Å². The molecule has 2 amide bonds. The Morgan fingerprint density at radius 1 is 1.24 bits per heavy atom. The fraction of sp³-hybridized carbons (Fsp3) is 0.600. The summed E-state index contributed by atoms with van der Waals surface area (Å²) >= 11 is 0. The Kier molecular flexibility index (Phi) is 6.45. The van der Waals surface area contributed by atoms with E-state index in [2.05, 4.69) is 10.6 Å². The van der Waals surface area contributed by atoms with Crippen LogP contribution in [0.15, 0.2) is 30.3 Å². The largest absolute Gasteiger partial charge is 0.354 e. The Balaban J connectivity index is 1.63. The zero-order chi connectivity index (χ0) is 17.5. The Bertz CT molecular complexity index is 570. The van der Waals surface area contributed by atoms with Crippen molar-refractivity contribution in [3.8, 4) is 0 Å². The minimum atomic E-state index is -0.501. The van der Waals surface area contributed by atoms with Gasteiger partial charge in [-0.2, -0.15) is 0 Å². The standard InChI is InChI=1S/C20H29N3O2/c24-18-10-4-5-14-23(18)19(17-8-2-1-3-9-17)20(25)22-13-11-16-7-6-12-21-15-16/h1-3,8-9,16,19,21H,4-7,10-15H2,(H,22,25). The molecule has 2 fully saturated rings. The van der Waals surface area contributed by atoms with Crippen LogP contribution in [0.3, 0.4) is 0 Å². The van der Waals surface area contributed by atoms with E-state index in [1.807, 2.05) is 30.3 Å². The molecule has 2 unspecified atom stereocenters. The van der Waals surface area contributed by atoms with Crippen LogP contribution < -0.4 is 10.6 Å². The van der Waals surface area contributed by atoms with Crippen molar-refractivity contribution in [1.82, 2.24) is 15.5 Å². The van der Waals surface area contributed by atoms with Crippen molar-refractivity contribution in [1.29, 1.82) is 0 Å². The molecule has 2 aliphatic rings. The lowest BCUT2D eigenvalue weighted by molar-refractivity contribution is -0.142. The van der Waals surface area contributed by atoms with E-state index in [0.29, 0.717) is 25.4 Å². The highest BCUT2D eigenvalue weighted by Crippen LogP contribution is 2.26. The topological polar surface area (TPSA) is 61.4 Å². The van der Waals surface area contributed by atoms with Crippen LogP contribution in [0.2, 0.25) is 0 Å². The van der Waals surface area contributed by atoms with Gasteiger partial charge < -0.3 is 15.5 Å². The number of rotatable bonds is 6. The summed E-state index contributed by atoms with van der Waals surface area (Å²) in [6.07, 6.45) is 5.88. The molecule has 1 aromatic carbocycles. The molecule has 2 atom stereocenters. The predicted octanol–water partition coefficient (Wildman–Crippen LogP) is 2.25. The van der Waals surface area contributed by atoms with Crippen LogP contribution in [0.4, 0.5) is 0 Å². The third-order valence-corrected chi connectivity index (χ3v) is 5.29. The monoisotopic (exact) mass is 343 g/mol. The number of benzene rings is 1. The summed E-state index contributed by atoms with van der Waals surface area (Å²) in [6.45, 7) is 3.49. The molecule has 2 aliphatic heterocycles. The van der Waals surface area contributed by atoms with E-state index in [9.17, 15) is 9.59 Å². The van der Waals surface area contributed by atoms with Crippen LogP contribution in [0.25, 0.3) is 0 Å². The fourth-order valence-electron chi connectivity index (χ4n) is 3.87. The normalized spacial score (nSPS) is 22.5. The number of likely N-dealkylation sites (tertiary alicyclic amines) is 1. The van der Waals surface area contributed by atoms with E-state index in [1.54, 1.807) is 4.90 Å². The predicted molar refractivity (Wildman–Crippen MR) is 98.0 cm³/mol. The van der Waals surface area contributed by atoms with Crippen LogP contribution in [0.1, 0.15) is 50.1 Å². The summed E-state index contributed by atoms with van der Waals surface area (Å²) < 4.78 is 0. The molecule has 136 valence electrons. The van der Waals surface area contributed by atoms with Crippen molar-refractivity contribution in [2.24, 2.45) is 5.92 Å². The molecule has 3 rings (SSSR count). The van der Waals surface area contributed by atoms with Crippen LogP contribution >= 0.6 is 0 Å². The Morgan fingerprint density at radius 2 is 2.08 bits per heavy atom. The average molecular weight is 343 g/mol. The van der Waals surface area contributed by atoms with Crippen molar-refractivity contribution in [2.45, 2.75) is 44.6 Å². The SMILES string of the molecule is O=C(NCCC1CCCNC1)C(c1ccccc1)N1CCCCC1=O. The van der Waals surface area contributed by atoms with Crippen molar-refractivity contribution in [3.63, 3.8) is 0 Å². The van der Waals surface area contributed by atoms with Crippen LogP contribution in [-0.4, -0.2) is 42.9 Å². The second-order valence-electron chi connectivity index (χ2n) is 7.15. The van der Waals surface area contributed by atoms with Crippen LogP contribution in [0.5, 0.6) is 0 Å². The third kappa shape index (κ3) is 4.82. The van der Waals surface area contributed by atoms with Gasteiger partial charge in [0.15, 0.2) is 0 Å². The molecular formula is C20H29N3O2. The highest BCUT2D eigenvalue weighted by Gasteiger charge is 2.32. The first-order chi connectivity index (χ1) is 12.3. The Morgan fingerprint density at radius 3 is 2.80 bits per heavy atom. The number of amides is 2. The molecule has 0 aliphatic carbocycles. The van der Waals surface area contributed by atoms with Gasteiger partial charge in [-0.05, 0) is 56.7 Å². The molecule has 5 nitrogen and oxygen atoms in total. The van der Waals surface area contributed by atoms with E-state index in [0.717, 1.165) is 37.9 Å². The first kappa shape index (κ1) is 17.9. The molecule has 0 aromatic heterocycles. The molecule has 5 heteroatoms. The smallest absolute Gasteiger partial charge is 0.247 e. The molecule has 25 heavy (non-hydrogen) atoms. The van der Waals surface area contributed by atoms with Gasteiger partial charge in [0.1, 0.15) is 6.04 Å². The van der Waals surface area contributed by atoms with Gasteiger partial charge in [0.05, 0.1) is 0 Å². The molecule has 1 aromatic rings. The van der Waals surface area contributed by atoms with E-state index in [4.69, 9.17) is 0 Å². The molecule has 2 heterocycles. The number of piperidine rings is 2. The summed E-state index contributed by atoms with van der Waals surface area (Å²) in [4.78, 5) is 27.0. The maximum Gasteiger partial charge on any atom is 0.247 e. The molecule has 0 saturated carbocycles. The van der Waals surface area contributed by atoms with E-state index < -0.39 is 6.04 Å². The molecule has 0 spiro atoms. The quantitative estimate of drug-likeness (QED) is 0.833. The van der Waals surface area contributed by atoms with Gasteiger partial charge in [-0.15, -0.1) is 0 Å². The van der Waals surface area contributed by atoms with E-state index >= 15 is 0 Å². The maximum absolute atomic E-state index is 12.9. The maximum atomic E-state index is 12.9. The summed E-state index contributed by atoms with van der Waals surface area (Å²) in [7, 11) is 0. The summed E-state index contributed by atoms with van der Waals surface area (Å²) in [5, 5.41) is 6.50. The first-order valence-electron chi connectivity index (χ1n) is 9.58. The van der Waals surface area contributed by atoms with E-state index in [1.165, 1.54) is 12.8 Å².